The summed E-state index contributed by atoms with van der Waals surface area (Å²) < 4.78 is 0. The first-order valence-corrected chi connectivity index (χ1v) is 4.76. The number of amides is 2. The summed E-state index contributed by atoms with van der Waals surface area (Å²) in [5.74, 6) is 0.563. The highest BCUT2D eigenvalue weighted by Gasteiger charge is 2.23. The average molecular weight is 221 g/mol. The van der Waals surface area contributed by atoms with Crippen LogP contribution in [-0.2, 0) is 9.59 Å². The first kappa shape index (κ1) is 10.3. The molecule has 2 heterocycles. The summed E-state index contributed by atoms with van der Waals surface area (Å²) in [5.41, 5.74) is 0. The minimum Gasteiger partial charge on any atom is -0.373 e. The van der Waals surface area contributed by atoms with Crippen LogP contribution in [0.3, 0.4) is 0 Å². The number of carbonyl (C=O) groups excluding carboxylic acids is 2. The number of rotatable bonds is 2. The minimum absolute atomic E-state index is 0.131. The summed E-state index contributed by atoms with van der Waals surface area (Å²) in [6.07, 6.45) is 1.39. The predicted molar refractivity (Wildman–Crippen MR) is 56.9 cm³/mol. The number of anilines is 2. The zero-order valence-corrected chi connectivity index (χ0v) is 8.73. The van der Waals surface area contributed by atoms with Crippen molar-refractivity contribution in [2.75, 3.05) is 30.4 Å². The second-order valence-electron chi connectivity index (χ2n) is 3.34. The SMILES string of the molecule is CNc1cc(N2CC(=O)NC(=O)C2)ncn1. The van der Waals surface area contributed by atoms with E-state index in [-0.39, 0.29) is 24.9 Å². The fraction of sp³-hybridized carbons (Fsp3) is 0.333. The van der Waals surface area contributed by atoms with Crippen LogP contribution in [0.5, 0.6) is 0 Å². The van der Waals surface area contributed by atoms with Gasteiger partial charge in [0.1, 0.15) is 18.0 Å². The van der Waals surface area contributed by atoms with Gasteiger partial charge in [-0.25, -0.2) is 9.97 Å². The van der Waals surface area contributed by atoms with Crippen LogP contribution in [0.25, 0.3) is 0 Å². The second kappa shape index (κ2) is 4.13. The maximum Gasteiger partial charge on any atom is 0.246 e. The van der Waals surface area contributed by atoms with E-state index in [1.165, 1.54) is 6.33 Å². The van der Waals surface area contributed by atoms with Crippen LogP contribution in [0, 0.1) is 0 Å². The lowest BCUT2D eigenvalue weighted by Gasteiger charge is -2.26. The molecule has 0 atom stereocenters. The molecule has 1 aliphatic rings. The molecule has 2 rings (SSSR count). The number of piperazine rings is 1. The molecule has 2 N–H and O–H groups in total. The number of hydrogen-bond acceptors (Lipinski definition) is 6. The van der Waals surface area contributed by atoms with Gasteiger partial charge in [-0.05, 0) is 0 Å². The molecule has 84 valence electrons. The molecule has 0 aromatic carbocycles. The van der Waals surface area contributed by atoms with Crippen LogP contribution >= 0.6 is 0 Å². The van der Waals surface area contributed by atoms with Gasteiger partial charge in [-0.3, -0.25) is 14.9 Å². The molecular weight excluding hydrogens is 210 g/mol. The van der Waals surface area contributed by atoms with E-state index in [0.29, 0.717) is 11.6 Å². The third-order valence-electron chi connectivity index (χ3n) is 2.18. The maximum atomic E-state index is 11.2. The van der Waals surface area contributed by atoms with Gasteiger partial charge in [0.05, 0.1) is 13.1 Å². The lowest BCUT2D eigenvalue weighted by molar-refractivity contribution is -0.130. The Labute approximate surface area is 91.9 Å². The molecule has 16 heavy (non-hydrogen) atoms. The highest BCUT2D eigenvalue weighted by atomic mass is 16.2. The van der Waals surface area contributed by atoms with E-state index in [4.69, 9.17) is 0 Å². The van der Waals surface area contributed by atoms with Gasteiger partial charge in [-0.2, -0.15) is 0 Å². The Morgan fingerprint density at radius 2 is 2.00 bits per heavy atom. The van der Waals surface area contributed by atoms with Crippen LogP contribution in [0.15, 0.2) is 12.4 Å². The van der Waals surface area contributed by atoms with Crippen molar-refractivity contribution < 1.29 is 9.59 Å². The summed E-state index contributed by atoms with van der Waals surface area (Å²) in [6, 6.07) is 1.69. The van der Waals surface area contributed by atoms with Crippen LogP contribution < -0.4 is 15.5 Å². The zero-order valence-electron chi connectivity index (χ0n) is 8.73. The predicted octanol–water partition coefficient (Wildman–Crippen LogP) is -1.02. The topological polar surface area (TPSA) is 87.2 Å². The van der Waals surface area contributed by atoms with Crippen molar-refractivity contribution in [3.8, 4) is 0 Å². The minimum atomic E-state index is -0.319. The van der Waals surface area contributed by atoms with Crippen LogP contribution in [0.2, 0.25) is 0 Å². The molecule has 0 aliphatic carbocycles. The van der Waals surface area contributed by atoms with E-state index in [0.717, 1.165) is 0 Å². The van der Waals surface area contributed by atoms with E-state index in [2.05, 4.69) is 20.6 Å². The number of imide groups is 1. The molecule has 0 bridgehead atoms. The smallest absolute Gasteiger partial charge is 0.246 e. The van der Waals surface area contributed by atoms with Gasteiger partial charge in [-0.15, -0.1) is 0 Å². The van der Waals surface area contributed by atoms with Crippen molar-refractivity contribution >= 4 is 23.5 Å². The van der Waals surface area contributed by atoms with Gasteiger partial charge in [0.15, 0.2) is 0 Å². The highest BCUT2D eigenvalue weighted by molar-refractivity contribution is 6.02. The summed E-state index contributed by atoms with van der Waals surface area (Å²) in [6.45, 7) is 0.262. The largest absolute Gasteiger partial charge is 0.373 e. The van der Waals surface area contributed by atoms with Crippen LogP contribution in [0.1, 0.15) is 0 Å². The van der Waals surface area contributed by atoms with Gasteiger partial charge in [0.2, 0.25) is 11.8 Å². The fourth-order valence-corrected chi connectivity index (χ4v) is 1.46. The molecule has 1 aromatic rings. The van der Waals surface area contributed by atoms with Gasteiger partial charge in [-0.1, -0.05) is 0 Å². The Balaban J connectivity index is 2.22. The number of aromatic nitrogens is 2. The van der Waals surface area contributed by atoms with Crippen LogP contribution in [-0.4, -0.2) is 41.9 Å². The van der Waals surface area contributed by atoms with E-state index in [9.17, 15) is 9.59 Å². The third kappa shape index (κ3) is 2.08. The first-order valence-electron chi connectivity index (χ1n) is 4.76. The molecule has 7 nitrogen and oxygen atoms in total. The molecule has 0 spiro atoms. The monoisotopic (exact) mass is 221 g/mol. The molecule has 1 aromatic heterocycles. The molecule has 1 fully saturated rings. The second-order valence-corrected chi connectivity index (χ2v) is 3.34. The summed E-state index contributed by atoms with van der Waals surface area (Å²) in [4.78, 5) is 31.9. The Kier molecular flexibility index (Phi) is 2.67. The molecular formula is C9H11N5O2. The molecule has 0 saturated carbocycles. The van der Waals surface area contributed by atoms with Gasteiger partial charge in [0.25, 0.3) is 0 Å². The normalized spacial score (nSPS) is 15.9. The Hall–Kier alpha value is -2.18. The van der Waals surface area contributed by atoms with Crippen molar-refractivity contribution in [1.82, 2.24) is 15.3 Å². The quantitative estimate of drug-likeness (QED) is 0.622. The lowest BCUT2D eigenvalue weighted by Crippen LogP contribution is -2.51. The average Bonchev–Trinajstić information content (AvgIpc) is 2.28. The molecule has 2 amide bonds. The van der Waals surface area contributed by atoms with Gasteiger partial charge < -0.3 is 10.2 Å². The molecule has 1 saturated heterocycles. The molecule has 0 radical (unpaired) electrons. The number of hydrogen-bond donors (Lipinski definition) is 2. The van der Waals surface area contributed by atoms with E-state index in [1.54, 1.807) is 18.0 Å². The van der Waals surface area contributed by atoms with E-state index < -0.39 is 0 Å². The number of carbonyl (C=O) groups is 2. The summed E-state index contributed by atoms with van der Waals surface area (Å²) in [5, 5.41) is 5.09. The van der Waals surface area contributed by atoms with Crippen molar-refractivity contribution in [1.29, 1.82) is 0 Å². The van der Waals surface area contributed by atoms with Crippen LogP contribution in [0.4, 0.5) is 11.6 Å². The number of nitrogens with zero attached hydrogens (tertiary/aromatic N) is 3. The van der Waals surface area contributed by atoms with E-state index in [1.807, 2.05) is 0 Å². The Morgan fingerprint density at radius 1 is 1.31 bits per heavy atom. The molecule has 1 aliphatic heterocycles. The van der Waals surface area contributed by atoms with Crippen molar-refractivity contribution in [3.05, 3.63) is 12.4 Å². The number of nitrogens with one attached hydrogen (secondary N) is 2. The highest BCUT2D eigenvalue weighted by Crippen LogP contribution is 2.14. The summed E-state index contributed by atoms with van der Waals surface area (Å²) >= 11 is 0. The molecule has 7 heteroatoms. The zero-order chi connectivity index (χ0) is 11.5. The Bertz CT molecular complexity index is 418. The van der Waals surface area contributed by atoms with E-state index >= 15 is 0 Å². The van der Waals surface area contributed by atoms with Crippen molar-refractivity contribution in [3.63, 3.8) is 0 Å². The van der Waals surface area contributed by atoms with Crippen molar-refractivity contribution in [2.45, 2.75) is 0 Å². The van der Waals surface area contributed by atoms with Crippen molar-refractivity contribution in [2.24, 2.45) is 0 Å². The standard InChI is InChI=1S/C9H11N5O2/c1-10-6-2-7(12-5-11-6)14-3-8(15)13-9(16)4-14/h2,5H,3-4H2,1H3,(H,10,11,12)(H,13,15,16). The van der Waals surface area contributed by atoms with Gasteiger partial charge >= 0.3 is 0 Å². The summed E-state index contributed by atoms with van der Waals surface area (Å²) in [7, 11) is 1.74. The van der Waals surface area contributed by atoms with Gasteiger partial charge in [0, 0.05) is 13.1 Å². The fourth-order valence-electron chi connectivity index (χ4n) is 1.46. The molecule has 0 unspecified atom stereocenters. The lowest BCUT2D eigenvalue weighted by atomic mass is 10.3. The third-order valence-corrected chi connectivity index (χ3v) is 2.18. The first-order chi connectivity index (χ1) is 7.69. The maximum absolute atomic E-state index is 11.2. The Morgan fingerprint density at radius 3 is 2.62 bits per heavy atom.